The molecule has 0 aliphatic rings. The fourth-order valence-corrected chi connectivity index (χ4v) is 1.97. The predicted octanol–water partition coefficient (Wildman–Crippen LogP) is 3.10. The zero-order valence-electron chi connectivity index (χ0n) is 11.6. The van der Waals surface area contributed by atoms with Crippen molar-refractivity contribution in [2.45, 2.75) is 26.9 Å². The Kier molecular flexibility index (Phi) is 3.71. The van der Waals surface area contributed by atoms with E-state index in [9.17, 15) is 13.2 Å². The van der Waals surface area contributed by atoms with Crippen LogP contribution in [0.15, 0.2) is 23.5 Å². The summed E-state index contributed by atoms with van der Waals surface area (Å²) in [6, 6.07) is 1.91. The molecule has 0 radical (unpaired) electrons. The lowest BCUT2D eigenvalue weighted by Gasteiger charge is -2.11. The standard InChI is InChI=1S/C13H13F3N4O/c1-7-4-10(13(14,15)16)5-12(18-7)20-9(3)11(6-17-20)8(2)19-21/h4-6,21H,1-3H3. The fourth-order valence-electron chi connectivity index (χ4n) is 1.97. The number of hydrogen-bond acceptors (Lipinski definition) is 4. The lowest BCUT2D eigenvalue weighted by Crippen LogP contribution is -2.10. The normalized spacial score (nSPS) is 12.8. The summed E-state index contributed by atoms with van der Waals surface area (Å²) in [5.74, 6) is 0.0665. The third-order valence-electron chi connectivity index (χ3n) is 3.03. The second kappa shape index (κ2) is 5.19. The topological polar surface area (TPSA) is 63.3 Å². The molecule has 0 atom stereocenters. The van der Waals surface area contributed by atoms with Crippen molar-refractivity contribution in [2.24, 2.45) is 5.16 Å². The molecule has 2 heterocycles. The number of hydrogen-bond donors (Lipinski definition) is 1. The summed E-state index contributed by atoms with van der Waals surface area (Å²) in [5.41, 5.74) is 0.853. The Hall–Kier alpha value is -2.38. The molecule has 0 fully saturated rings. The van der Waals surface area contributed by atoms with Crippen LogP contribution in [0.3, 0.4) is 0 Å². The van der Waals surface area contributed by atoms with E-state index in [4.69, 9.17) is 5.21 Å². The SMILES string of the molecule is CC(=NO)c1cnn(-c2cc(C(F)(F)F)cc(C)n2)c1C. The van der Waals surface area contributed by atoms with Gasteiger partial charge in [0.2, 0.25) is 0 Å². The molecule has 8 heteroatoms. The molecule has 112 valence electrons. The van der Waals surface area contributed by atoms with Gasteiger partial charge in [0.1, 0.15) is 0 Å². The van der Waals surface area contributed by atoms with E-state index in [0.717, 1.165) is 12.1 Å². The van der Waals surface area contributed by atoms with Crippen molar-refractivity contribution < 1.29 is 18.4 Å². The van der Waals surface area contributed by atoms with E-state index in [1.807, 2.05) is 0 Å². The molecule has 0 saturated heterocycles. The highest BCUT2D eigenvalue weighted by Crippen LogP contribution is 2.30. The Labute approximate surface area is 118 Å². The molecular formula is C13H13F3N4O. The number of rotatable bonds is 2. The molecule has 0 unspecified atom stereocenters. The largest absolute Gasteiger partial charge is 0.416 e. The van der Waals surface area contributed by atoms with Gasteiger partial charge in [-0.05, 0) is 32.9 Å². The summed E-state index contributed by atoms with van der Waals surface area (Å²) in [6.45, 7) is 4.71. The third kappa shape index (κ3) is 2.88. The molecule has 5 nitrogen and oxygen atoms in total. The Morgan fingerprint density at radius 2 is 1.95 bits per heavy atom. The van der Waals surface area contributed by atoms with Gasteiger partial charge in [-0.2, -0.15) is 18.3 Å². The van der Waals surface area contributed by atoms with Crippen molar-refractivity contribution in [3.05, 3.63) is 40.8 Å². The average molecular weight is 298 g/mol. The van der Waals surface area contributed by atoms with Crippen LogP contribution in [0.2, 0.25) is 0 Å². The van der Waals surface area contributed by atoms with Crippen molar-refractivity contribution in [2.75, 3.05) is 0 Å². The van der Waals surface area contributed by atoms with Crippen LogP contribution in [0.4, 0.5) is 13.2 Å². The quantitative estimate of drug-likeness (QED) is 0.526. The highest BCUT2D eigenvalue weighted by atomic mass is 19.4. The highest BCUT2D eigenvalue weighted by Gasteiger charge is 2.31. The minimum atomic E-state index is -4.45. The van der Waals surface area contributed by atoms with Crippen molar-refractivity contribution >= 4 is 5.71 Å². The molecule has 0 aliphatic heterocycles. The fraction of sp³-hybridized carbons (Fsp3) is 0.308. The number of pyridine rings is 1. The maximum absolute atomic E-state index is 12.8. The summed E-state index contributed by atoms with van der Waals surface area (Å²) >= 11 is 0. The van der Waals surface area contributed by atoms with Gasteiger partial charge in [-0.3, -0.25) is 0 Å². The molecule has 1 N–H and O–H groups in total. The van der Waals surface area contributed by atoms with Gasteiger partial charge in [0.05, 0.1) is 23.2 Å². The Morgan fingerprint density at radius 1 is 1.29 bits per heavy atom. The first-order valence-corrected chi connectivity index (χ1v) is 6.04. The molecule has 0 aromatic carbocycles. The first-order valence-electron chi connectivity index (χ1n) is 6.04. The van der Waals surface area contributed by atoms with Crippen molar-refractivity contribution in [3.8, 4) is 5.82 Å². The van der Waals surface area contributed by atoms with E-state index in [1.165, 1.54) is 17.8 Å². The summed E-state index contributed by atoms with van der Waals surface area (Å²) in [6.07, 6.45) is -3.03. The lowest BCUT2D eigenvalue weighted by atomic mass is 10.2. The highest BCUT2D eigenvalue weighted by molar-refractivity contribution is 5.99. The molecule has 21 heavy (non-hydrogen) atoms. The van der Waals surface area contributed by atoms with E-state index in [0.29, 0.717) is 17.0 Å². The Morgan fingerprint density at radius 3 is 2.52 bits per heavy atom. The van der Waals surface area contributed by atoms with Crippen LogP contribution < -0.4 is 0 Å². The van der Waals surface area contributed by atoms with Crippen LogP contribution in [0, 0.1) is 13.8 Å². The molecule has 2 rings (SSSR count). The molecule has 2 aromatic heterocycles. The van der Waals surface area contributed by atoms with Gasteiger partial charge >= 0.3 is 6.18 Å². The zero-order valence-corrected chi connectivity index (χ0v) is 11.6. The van der Waals surface area contributed by atoms with Crippen LogP contribution in [-0.4, -0.2) is 25.7 Å². The number of aryl methyl sites for hydroxylation is 1. The summed E-state index contributed by atoms with van der Waals surface area (Å²) in [4.78, 5) is 4.08. The van der Waals surface area contributed by atoms with Crippen LogP contribution in [0.25, 0.3) is 5.82 Å². The first kappa shape index (κ1) is 15.0. The van der Waals surface area contributed by atoms with Gasteiger partial charge in [0, 0.05) is 11.3 Å². The van der Waals surface area contributed by atoms with Crippen LogP contribution in [0.5, 0.6) is 0 Å². The van der Waals surface area contributed by atoms with E-state index < -0.39 is 11.7 Å². The molecule has 0 aliphatic carbocycles. The minimum absolute atomic E-state index is 0.0665. The van der Waals surface area contributed by atoms with Crippen LogP contribution >= 0.6 is 0 Å². The summed E-state index contributed by atoms with van der Waals surface area (Å²) in [5, 5.41) is 15.9. The second-order valence-electron chi connectivity index (χ2n) is 4.59. The summed E-state index contributed by atoms with van der Waals surface area (Å²) in [7, 11) is 0. The number of alkyl halides is 3. The maximum Gasteiger partial charge on any atom is 0.416 e. The van der Waals surface area contributed by atoms with E-state index >= 15 is 0 Å². The van der Waals surface area contributed by atoms with Crippen molar-refractivity contribution in [1.29, 1.82) is 0 Å². The average Bonchev–Trinajstić information content (AvgIpc) is 2.78. The second-order valence-corrected chi connectivity index (χ2v) is 4.59. The zero-order chi connectivity index (χ0) is 15.8. The number of aromatic nitrogens is 3. The first-order chi connectivity index (χ1) is 9.74. The van der Waals surface area contributed by atoms with Crippen molar-refractivity contribution in [1.82, 2.24) is 14.8 Å². The van der Waals surface area contributed by atoms with Gasteiger partial charge in [-0.15, -0.1) is 0 Å². The maximum atomic E-state index is 12.8. The molecule has 0 spiro atoms. The number of nitrogens with zero attached hydrogens (tertiary/aromatic N) is 4. The molecular weight excluding hydrogens is 285 g/mol. The molecule has 0 saturated carbocycles. The number of halogens is 3. The van der Waals surface area contributed by atoms with Gasteiger partial charge in [-0.25, -0.2) is 9.67 Å². The van der Waals surface area contributed by atoms with E-state index in [2.05, 4.69) is 15.2 Å². The minimum Gasteiger partial charge on any atom is -0.411 e. The van der Waals surface area contributed by atoms with Gasteiger partial charge in [0.15, 0.2) is 5.82 Å². The smallest absolute Gasteiger partial charge is 0.411 e. The summed E-state index contributed by atoms with van der Waals surface area (Å²) < 4.78 is 39.8. The van der Waals surface area contributed by atoms with E-state index in [-0.39, 0.29) is 11.5 Å². The van der Waals surface area contributed by atoms with Gasteiger partial charge in [0.25, 0.3) is 0 Å². The predicted molar refractivity (Wildman–Crippen MR) is 69.8 cm³/mol. The van der Waals surface area contributed by atoms with E-state index in [1.54, 1.807) is 13.8 Å². The molecule has 2 aromatic rings. The van der Waals surface area contributed by atoms with Crippen LogP contribution in [-0.2, 0) is 6.18 Å². The van der Waals surface area contributed by atoms with Gasteiger partial charge in [-0.1, -0.05) is 5.16 Å². The monoisotopic (exact) mass is 298 g/mol. The third-order valence-corrected chi connectivity index (χ3v) is 3.03. The van der Waals surface area contributed by atoms with Gasteiger partial charge < -0.3 is 5.21 Å². The Bertz CT molecular complexity index is 704. The molecule has 0 bridgehead atoms. The Balaban J connectivity index is 2.58. The van der Waals surface area contributed by atoms with Crippen molar-refractivity contribution in [3.63, 3.8) is 0 Å². The lowest BCUT2D eigenvalue weighted by molar-refractivity contribution is -0.137. The number of oxime groups is 1. The van der Waals surface area contributed by atoms with Crippen LogP contribution in [0.1, 0.15) is 29.4 Å². The molecule has 0 amide bonds.